The fourth-order valence-electron chi connectivity index (χ4n) is 1.97. The topological polar surface area (TPSA) is 33.2 Å². The first-order valence-corrected chi connectivity index (χ1v) is 5.19. The number of rotatable bonds is 2. The molecule has 1 aliphatic heterocycles. The van der Waals surface area contributed by atoms with E-state index in [0.29, 0.717) is 24.9 Å². The Bertz CT molecular complexity index is 370. The smallest absolute Gasteiger partial charge is 0.258 e. The molecule has 0 aromatic carbocycles. The Hall–Kier alpha value is -1.52. The molecule has 1 saturated heterocycles. The predicted molar refractivity (Wildman–Crippen MR) is 54.3 cm³/mol. The third-order valence-electron chi connectivity index (χ3n) is 2.78. The molecule has 86 valence electrons. The lowest BCUT2D eigenvalue weighted by atomic mass is 10.2. The highest BCUT2D eigenvalue weighted by Gasteiger charge is 2.35. The summed E-state index contributed by atoms with van der Waals surface area (Å²) in [6.07, 6.45) is 1.54. The third kappa shape index (κ3) is 2.03. The second-order valence-corrected chi connectivity index (χ2v) is 3.78. The van der Waals surface area contributed by atoms with Crippen LogP contribution in [0.4, 0.5) is 8.78 Å². The lowest BCUT2D eigenvalue weighted by Gasteiger charge is -2.23. The van der Waals surface area contributed by atoms with E-state index in [0.717, 1.165) is 0 Å². The van der Waals surface area contributed by atoms with Crippen LogP contribution in [0, 0.1) is 0 Å². The van der Waals surface area contributed by atoms with Crippen molar-refractivity contribution >= 4 is 5.91 Å². The van der Waals surface area contributed by atoms with Gasteiger partial charge in [0.2, 0.25) is 0 Å². The normalized spacial score (nSPS) is 20.4. The average Bonchev–Trinajstić information content (AvgIpc) is 2.78. The largest absolute Gasteiger partial charge is 0.330 e. The Morgan fingerprint density at radius 3 is 2.75 bits per heavy atom. The van der Waals surface area contributed by atoms with Crippen molar-refractivity contribution in [3.8, 4) is 0 Å². The number of alkyl halides is 2. The van der Waals surface area contributed by atoms with Crippen molar-refractivity contribution < 1.29 is 13.6 Å². The van der Waals surface area contributed by atoms with E-state index in [1.165, 1.54) is 17.3 Å². The van der Waals surface area contributed by atoms with Crippen molar-refractivity contribution in [2.24, 2.45) is 0 Å². The number of pyridine rings is 1. The molecule has 0 bridgehead atoms. The van der Waals surface area contributed by atoms with Crippen molar-refractivity contribution in [1.82, 2.24) is 9.88 Å². The minimum atomic E-state index is -2.46. The summed E-state index contributed by atoms with van der Waals surface area (Å²) in [4.78, 5) is 17.0. The number of carbonyl (C=O) groups is 1. The molecule has 0 radical (unpaired) electrons. The molecule has 0 unspecified atom stereocenters. The van der Waals surface area contributed by atoms with Gasteiger partial charge in [-0.1, -0.05) is 0 Å². The Labute approximate surface area is 92.1 Å². The monoisotopic (exact) mass is 226 g/mol. The molecule has 0 aliphatic carbocycles. The molecule has 5 heteroatoms. The number of aromatic nitrogens is 1. The summed E-state index contributed by atoms with van der Waals surface area (Å²) in [7, 11) is 0. The van der Waals surface area contributed by atoms with E-state index >= 15 is 0 Å². The molecule has 1 amide bonds. The Morgan fingerprint density at radius 1 is 1.44 bits per heavy atom. The first-order valence-electron chi connectivity index (χ1n) is 5.19. The van der Waals surface area contributed by atoms with E-state index in [4.69, 9.17) is 0 Å². The van der Waals surface area contributed by atoms with E-state index in [1.54, 1.807) is 12.1 Å². The van der Waals surface area contributed by atoms with E-state index in [-0.39, 0.29) is 5.91 Å². The maximum atomic E-state index is 12.7. The van der Waals surface area contributed by atoms with Gasteiger partial charge in [-0.25, -0.2) is 8.78 Å². The number of hydrogen-bond donors (Lipinski definition) is 0. The Morgan fingerprint density at radius 2 is 2.12 bits per heavy atom. The lowest BCUT2D eigenvalue weighted by molar-refractivity contribution is 0.0363. The molecule has 0 spiro atoms. The van der Waals surface area contributed by atoms with Gasteiger partial charge in [-0.05, 0) is 25.0 Å². The van der Waals surface area contributed by atoms with Crippen LogP contribution in [-0.2, 0) is 0 Å². The number of carbonyl (C=O) groups excluding carboxylic acids is 1. The zero-order valence-electron chi connectivity index (χ0n) is 8.64. The molecule has 1 aromatic rings. The first-order chi connectivity index (χ1) is 7.70. The van der Waals surface area contributed by atoms with Gasteiger partial charge in [-0.15, -0.1) is 0 Å². The van der Waals surface area contributed by atoms with Crippen molar-refractivity contribution in [3.05, 3.63) is 30.1 Å². The van der Waals surface area contributed by atoms with Gasteiger partial charge in [0.1, 0.15) is 0 Å². The van der Waals surface area contributed by atoms with E-state index in [2.05, 4.69) is 4.98 Å². The standard InChI is InChI=1S/C11H12F2N2O/c12-10(13)9-2-1-7-15(9)11(16)8-3-5-14-6-4-8/h3-6,9-10H,1-2,7H2/t9-/m1/s1. The SMILES string of the molecule is O=C(c1ccncc1)N1CCC[C@@H]1C(F)F. The van der Waals surface area contributed by atoms with Gasteiger partial charge in [-0.3, -0.25) is 9.78 Å². The summed E-state index contributed by atoms with van der Waals surface area (Å²) in [5, 5.41) is 0. The van der Waals surface area contributed by atoms with Crippen molar-refractivity contribution in [2.75, 3.05) is 6.54 Å². The van der Waals surface area contributed by atoms with Crippen LogP contribution < -0.4 is 0 Å². The average molecular weight is 226 g/mol. The predicted octanol–water partition coefficient (Wildman–Crippen LogP) is 1.95. The van der Waals surface area contributed by atoms with Gasteiger partial charge in [0.05, 0.1) is 6.04 Å². The third-order valence-corrected chi connectivity index (χ3v) is 2.78. The van der Waals surface area contributed by atoms with Crippen LogP contribution in [0.1, 0.15) is 23.2 Å². The maximum Gasteiger partial charge on any atom is 0.258 e. The number of likely N-dealkylation sites (tertiary alicyclic amines) is 1. The second kappa shape index (κ2) is 4.55. The highest BCUT2D eigenvalue weighted by atomic mass is 19.3. The van der Waals surface area contributed by atoms with Crippen molar-refractivity contribution in [1.29, 1.82) is 0 Å². The molecule has 1 aliphatic rings. The van der Waals surface area contributed by atoms with Crippen LogP contribution in [0.5, 0.6) is 0 Å². The summed E-state index contributed by atoms with van der Waals surface area (Å²) in [6, 6.07) is 2.16. The fraction of sp³-hybridized carbons (Fsp3) is 0.455. The molecule has 3 nitrogen and oxygen atoms in total. The van der Waals surface area contributed by atoms with Gasteiger partial charge in [0.25, 0.3) is 12.3 Å². The lowest BCUT2D eigenvalue weighted by Crippen LogP contribution is -2.39. The van der Waals surface area contributed by atoms with E-state index in [1.807, 2.05) is 0 Å². The number of amides is 1. The van der Waals surface area contributed by atoms with Crippen LogP contribution in [0.15, 0.2) is 24.5 Å². The second-order valence-electron chi connectivity index (χ2n) is 3.78. The van der Waals surface area contributed by atoms with Crippen LogP contribution >= 0.6 is 0 Å². The maximum absolute atomic E-state index is 12.7. The quantitative estimate of drug-likeness (QED) is 0.772. The molecule has 1 atom stereocenters. The van der Waals surface area contributed by atoms with Crippen LogP contribution in [0.2, 0.25) is 0 Å². The Kier molecular flexibility index (Phi) is 3.12. The molecular formula is C11H12F2N2O. The van der Waals surface area contributed by atoms with E-state index < -0.39 is 12.5 Å². The van der Waals surface area contributed by atoms with Gasteiger partial charge in [0.15, 0.2) is 0 Å². The summed E-state index contributed by atoms with van der Waals surface area (Å²) < 4.78 is 25.3. The van der Waals surface area contributed by atoms with Crippen LogP contribution in [0.25, 0.3) is 0 Å². The molecular weight excluding hydrogens is 214 g/mol. The summed E-state index contributed by atoms with van der Waals surface area (Å²) in [6.45, 7) is 0.413. The van der Waals surface area contributed by atoms with Gasteiger partial charge in [-0.2, -0.15) is 0 Å². The Balaban J connectivity index is 2.16. The summed E-state index contributed by atoms with van der Waals surface area (Å²) in [5.74, 6) is -0.329. The summed E-state index contributed by atoms with van der Waals surface area (Å²) >= 11 is 0. The molecule has 2 rings (SSSR count). The van der Waals surface area contributed by atoms with Gasteiger partial charge >= 0.3 is 0 Å². The number of nitrogens with zero attached hydrogens (tertiary/aromatic N) is 2. The minimum Gasteiger partial charge on any atom is -0.330 e. The van der Waals surface area contributed by atoms with Crippen molar-refractivity contribution in [2.45, 2.75) is 25.3 Å². The minimum absolute atomic E-state index is 0.329. The van der Waals surface area contributed by atoms with Gasteiger partial charge < -0.3 is 4.90 Å². The first kappa shape index (κ1) is 11.0. The highest BCUT2D eigenvalue weighted by Crippen LogP contribution is 2.24. The molecule has 1 aromatic heterocycles. The molecule has 0 saturated carbocycles. The molecule has 0 N–H and O–H groups in total. The molecule has 1 fully saturated rings. The zero-order chi connectivity index (χ0) is 11.5. The molecule has 16 heavy (non-hydrogen) atoms. The fourth-order valence-corrected chi connectivity index (χ4v) is 1.97. The highest BCUT2D eigenvalue weighted by molar-refractivity contribution is 5.94. The van der Waals surface area contributed by atoms with Crippen molar-refractivity contribution in [3.63, 3.8) is 0 Å². The van der Waals surface area contributed by atoms with E-state index in [9.17, 15) is 13.6 Å². The molecule has 2 heterocycles. The number of halogens is 2. The van der Waals surface area contributed by atoms with Gasteiger partial charge in [0, 0.05) is 24.5 Å². The van der Waals surface area contributed by atoms with Crippen LogP contribution in [-0.4, -0.2) is 34.8 Å². The summed E-state index contributed by atoms with van der Waals surface area (Å²) in [5.41, 5.74) is 0.419. The number of hydrogen-bond acceptors (Lipinski definition) is 2. The van der Waals surface area contributed by atoms with Crippen LogP contribution in [0.3, 0.4) is 0 Å². The zero-order valence-corrected chi connectivity index (χ0v) is 8.64.